The molecule has 0 atom stereocenters. The Kier molecular flexibility index (Phi) is 3.65. The maximum atomic E-state index is 11.1. The minimum Gasteiger partial charge on any atom is -0.475 e. The van der Waals surface area contributed by atoms with Crippen molar-refractivity contribution in [2.75, 3.05) is 14.2 Å². The van der Waals surface area contributed by atoms with Crippen molar-refractivity contribution in [3.05, 3.63) is 17.5 Å². The Hall–Kier alpha value is -2.58. The van der Waals surface area contributed by atoms with Crippen LogP contribution in [-0.4, -0.2) is 52.2 Å². The quantitative estimate of drug-likeness (QED) is 0.672. The number of hydrogen-bond donors (Lipinski definition) is 1. The van der Waals surface area contributed by atoms with Crippen molar-refractivity contribution in [2.24, 2.45) is 0 Å². The highest BCUT2D eigenvalue weighted by Crippen LogP contribution is 2.00. The molecule has 0 spiro atoms. The fourth-order valence-corrected chi connectivity index (χ4v) is 0.837. The molecule has 1 heterocycles. The monoisotopic (exact) mass is 241 g/mol. The fourth-order valence-electron chi connectivity index (χ4n) is 0.837. The SMILES string of the molecule is COC(=O)c1nc(C(=O)O)nc(C(=O)OC)n1. The molecule has 0 saturated heterocycles. The van der Waals surface area contributed by atoms with Gasteiger partial charge in [-0.25, -0.2) is 14.4 Å². The summed E-state index contributed by atoms with van der Waals surface area (Å²) in [4.78, 5) is 43.0. The zero-order valence-corrected chi connectivity index (χ0v) is 8.83. The molecule has 1 aromatic rings. The van der Waals surface area contributed by atoms with E-state index in [1.807, 2.05) is 0 Å². The molecule has 0 radical (unpaired) electrons. The van der Waals surface area contributed by atoms with E-state index < -0.39 is 35.4 Å². The topological polar surface area (TPSA) is 129 Å². The van der Waals surface area contributed by atoms with Crippen LogP contribution in [0.15, 0.2) is 0 Å². The summed E-state index contributed by atoms with van der Waals surface area (Å²) in [6, 6.07) is 0. The van der Waals surface area contributed by atoms with Gasteiger partial charge in [-0.05, 0) is 0 Å². The van der Waals surface area contributed by atoms with Gasteiger partial charge in [-0.2, -0.15) is 15.0 Å². The predicted molar refractivity (Wildman–Crippen MR) is 49.5 cm³/mol. The molecule has 9 heteroatoms. The number of carbonyl (C=O) groups excluding carboxylic acids is 2. The van der Waals surface area contributed by atoms with Crippen LogP contribution in [0.3, 0.4) is 0 Å². The van der Waals surface area contributed by atoms with Gasteiger partial charge in [0.2, 0.25) is 17.5 Å². The van der Waals surface area contributed by atoms with E-state index in [2.05, 4.69) is 24.4 Å². The molecule has 1 rings (SSSR count). The van der Waals surface area contributed by atoms with Crippen molar-refractivity contribution < 1.29 is 29.0 Å². The van der Waals surface area contributed by atoms with Gasteiger partial charge in [-0.3, -0.25) is 0 Å². The lowest BCUT2D eigenvalue weighted by Gasteiger charge is -2.02. The Morgan fingerprint density at radius 2 is 1.24 bits per heavy atom. The normalized spacial score (nSPS) is 9.53. The van der Waals surface area contributed by atoms with Gasteiger partial charge < -0.3 is 14.6 Å². The molecule has 0 aliphatic rings. The van der Waals surface area contributed by atoms with Gasteiger partial charge in [0.15, 0.2) is 0 Å². The molecule has 0 aliphatic carbocycles. The third-order valence-corrected chi connectivity index (χ3v) is 1.56. The Bertz CT molecular complexity index is 452. The van der Waals surface area contributed by atoms with E-state index in [1.54, 1.807) is 0 Å². The third-order valence-electron chi connectivity index (χ3n) is 1.56. The van der Waals surface area contributed by atoms with Crippen LogP contribution in [0.5, 0.6) is 0 Å². The zero-order valence-electron chi connectivity index (χ0n) is 8.83. The minimum absolute atomic E-state index is 0.583. The van der Waals surface area contributed by atoms with Crippen LogP contribution >= 0.6 is 0 Å². The number of carbonyl (C=O) groups is 3. The first-order chi connectivity index (χ1) is 7.99. The second kappa shape index (κ2) is 4.96. The highest BCUT2D eigenvalue weighted by molar-refractivity contribution is 5.91. The summed E-state index contributed by atoms with van der Waals surface area (Å²) in [5.41, 5.74) is 0. The van der Waals surface area contributed by atoms with Crippen LogP contribution in [0.4, 0.5) is 0 Å². The molecule has 0 amide bonds. The van der Waals surface area contributed by atoms with Gasteiger partial charge in [0.05, 0.1) is 14.2 Å². The highest BCUT2D eigenvalue weighted by Gasteiger charge is 2.21. The van der Waals surface area contributed by atoms with Crippen LogP contribution in [-0.2, 0) is 9.47 Å². The summed E-state index contributed by atoms with van der Waals surface area (Å²) in [6.07, 6.45) is 0. The number of rotatable bonds is 3. The average Bonchev–Trinajstić information content (AvgIpc) is 2.36. The Balaban J connectivity index is 3.33. The molecule has 0 aromatic carbocycles. The number of esters is 2. The van der Waals surface area contributed by atoms with Gasteiger partial charge in [0, 0.05) is 0 Å². The summed E-state index contributed by atoms with van der Waals surface area (Å²) in [6.45, 7) is 0. The molecular weight excluding hydrogens is 234 g/mol. The lowest BCUT2D eigenvalue weighted by atomic mass is 10.5. The largest absolute Gasteiger partial charge is 0.475 e. The van der Waals surface area contributed by atoms with Crippen molar-refractivity contribution >= 4 is 17.9 Å². The molecule has 0 aliphatic heterocycles. The van der Waals surface area contributed by atoms with Gasteiger partial charge in [-0.15, -0.1) is 0 Å². The Labute approximate surface area is 94.4 Å². The second-order valence-corrected chi connectivity index (χ2v) is 2.59. The average molecular weight is 241 g/mol. The Morgan fingerprint density at radius 1 is 0.882 bits per heavy atom. The van der Waals surface area contributed by atoms with E-state index in [0.29, 0.717) is 0 Å². The number of hydrogen-bond acceptors (Lipinski definition) is 8. The van der Waals surface area contributed by atoms with Crippen molar-refractivity contribution in [3.8, 4) is 0 Å². The van der Waals surface area contributed by atoms with Crippen molar-refractivity contribution in [1.29, 1.82) is 0 Å². The first-order valence-electron chi connectivity index (χ1n) is 4.15. The fraction of sp³-hybridized carbons (Fsp3) is 0.250. The van der Waals surface area contributed by atoms with Crippen LogP contribution in [0.1, 0.15) is 31.9 Å². The zero-order chi connectivity index (χ0) is 13.0. The van der Waals surface area contributed by atoms with Crippen LogP contribution in [0.2, 0.25) is 0 Å². The van der Waals surface area contributed by atoms with Crippen LogP contribution < -0.4 is 0 Å². The number of carboxylic acids is 1. The lowest BCUT2D eigenvalue weighted by molar-refractivity contribution is 0.0573. The molecular formula is C8H7N3O6. The molecule has 0 fully saturated rings. The van der Waals surface area contributed by atoms with Crippen LogP contribution in [0.25, 0.3) is 0 Å². The minimum atomic E-state index is -1.51. The van der Waals surface area contributed by atoms with Crippen molar-refractivity contribution in [2.45, 2.75) is 0 Å². The number of carboxylic acid groups (broad SMARTS) is 1. The molecule has 1 aromatic heterocycles. The van der Waals surface area contributed by atoms with Crippen LogP contribution in [0, 0.1) is 0 Å². The summed E-state index contributed by atoms with van der Waals surface area (Å²) in [7, 11) is 2.12. The molecule has 0 saturated carbocycles. The lowest BCUT2D eigenvalue weighted by Crippen LogP contribution is -2.19. The van der Waals surface area contributed by atoms with Gasteiger partial charge in [0.1, 0.15) is 0 Å². The van der Waals surface area contributed by atoms with E-state index >= 15 is 0 Å². The standard InChI is InChI=1S/C8H7N3O6/c1-16-7(14)4-9-3(6(12)13)10-5(11-4)8(15)17-2/h1-2H3,(H,12,13). The predicted octanol–water partition coefficient (Wildman–Crippen LogP) is -0.857. The maximum absolute atomic E-state index is 11.1. The highest BCUT2D eigenvalue weighted by atomic mass is 16.5. The molecule has 9 nitrogen and oxygen atoms in total. The van der Waals surface area contributed by atoms with Gasteiger partial charge in [-0.1, -0.05) is 0 Å². The van der Waals surface area contributed by atoms with Crippen molar-refractivity contribution in [3.63, 3.8) is 0 Å². The van der Waals surface area contributed by atoms with E-state index in [9.17, 15) is 14.4 Å². The molecule has 17 heavy (non-hydrogen) atoms. The number of aromatic nitrogens is 3. The molecule has 0 unspecified atom stereocenters. The number of aromatic carboxylic acids is 1. The molecule has 90 valence electrons. The molecule has 1 N–H and O–H groups in total. The van der Waals surface area contributed by atoms with E-state index in [0.717, 1.165) is 14.2 Å². The smallest absolute Gasteiger partial charge is 0.376 e. The van der Waals surface area contributed by atoms with Gasteiger partial charge >= 0.3 is 17.9 Å². The second-order valence-electron chi connectivity index (χ2n) is 2.59. The van der Waals surface area contributed by atoms with E-state index in [1.165, 1.54) is 0 Å². The van der Waals surface area contributed by atoms with Crippen molar-refractivity contribution in [1.82, 2.24) is 15.0 Å². The van der Waals surface area contributed by atoms with E-state index in [-0.39, 0.29) is 0 Å². The van der Waals surface area contributed by atoms with Gasteiger partial charge in [0.25, 0.3) is 0 Å². The first-order valence-corrected chi connectivity index (χ1v) is 4.15. The number of methoxy groups -OCH3 is 2. The summed E-state index contributed by atoms with van der Waals surface area (Å²) < 4.78 is 8.61. The molecule has 0 bridgehead atoms. The first kappa shape index (κ1) is 12.5. The summed E-state index contributed by atoms with van der Waals surface area (Å²) in [5.74, 6) is -5.40. The van der Waals surface area contributed by atoms with E-state index in [4.69, 9.17) is 5.11 Å². The third kappa shape index (κ3) is 2.71. The summed E-state index contributed by atoms with van der Waals surface area (Å²) >= 11 is 0. The number of nitrogens with zero attached hydrogens (tertiary/aromatic N) is 3. The Morgan fingerprint density at radius 3 is 1.53 bits per heavy atom. The maximum Gasteiger partial charge on any atom is 0.376 e. The number of ether oxygens (including phenoxy) is 2. The summed E-state index contributed by atoms with van der Waals surface area (Å²) in [5, 5.41) is 8.69.